The van der Waals surface area contributed by atoms with Crippen LogP contribution in [-0.2, 0) is 0 Å². The molecule has 0 unspecified atom stereocenters. The van der Waals surface area contributed by atoms with Gasteiger partial charge in [-0.2, -0.15) is 5.26 Å². The molecule has 0 bridgehead atoms. The lowest BCUT2D eigenvalue weighted by molar-refractivity contribution is 1.50. The molecule has 0 aromatic rings. The molecule has 0 rings (SSSR count). The first-order valence-electron chi connectivity index (χ1n) is 2.79. The van der Waals surface area contributed by atoms with E-state index >= 15 is 0 Å². The van der Waals surface area contributed by atoms with Crippen molar-refractivity contribution >= 4 is 15.9 Å². The third-order valence-corrected chi connectivity index (χ3v) is 1.59. The molecular formula is C8H8BrN. The summed E-state index contributed by atoms with van der Waals surface area (Å²) in [6.45, 7) is 5.39. The number of allylic oxidation sites excluding steroid dienone is 5. The molecule has 0 saturated carbocycles. The van der Waals surface area contributed by atoms with E-state index < -0.39 is 0 Å². The van der Waals surface area contributed by atoms with Gasteiger partial charge in [-0.05, 0) is 19.1 Å². The Morgan fingerprint density at radius 3 is 2.60 bits per heavy atom. The molecule has 0 aromatic carbocycles. The number of nitriles is 1. The molecule has 0 aliphatic carbocycles. The Kier molecular flexibility index (Phi) is 4.61. The molecule has 1 nitrogen and oxygen atoms in total. The molecule has 0 fully saturated rings. The van der Waals surface area contributed by atoms with Crippen molar-refractivity contribution in [2.45, 2.75) is 6.92 Å². The second kappa shape index (κ2) is 5.01. The van der Waals surface area contributed by atoms with E-state index in [0.717, 1.165) is 4.48 Å². The SMILES string of the molecule is C=C(C#N)/C=C\C(Br)=C/C. The Morgan fingerprint density at radius 1 is 1.60 bits per heavy atom. The minimum Gasteiger partial charge on any atom is -0.192 e. The number of hydrogen-bond acceptors (Lipinski definition) is 1. The lowest BCUT2D eigenvalue weighted by atomic mass is 10.3. The molecule has 10 heavy (non-hydrogen) atoms. The van der Waals surface area contributed by atoms with Gasteiger partial charge in [0.25, 0.3) is 0 Å². The third kappa shape index (κ3) is 4.11. The smallest absolute Gasteiger partial charge is 0.0985 e. The summed E-state index contributed by atoms with van der Waals surface area (Å²) < 4.78 is 0.948. The zero-order valence-electron chi connectivity index (χ0n) is 5.76. The summed E-state index contributed by atoms with van der Waals surface area (Å²) in [4.78, 5) is 0. The molecule has 0 radical (unpaired) electrons. The van der Waals surface area contributed by atoms with Crippen molar-refractivity contribution in [2.75, 3.05) is 0 Å². The summed E-state index contributed by atoms with van der Waals surface area (Å²) in [5, 5.41) is 8.28. The van der Waals surface area contributed by atoms with Gasteiger partial charge in [0, 0.05) is 10.1 Å². The Bertz CT molecular complexity index is 218. The molecule has 0 aromatic heterocycles. The van der Waals surface area contributed by atoms with Crippen molar-refractivity contribution in [3.63, 3.8) is 0 Å². The van der Waals surface area contributed by atoms with E-state index in [2.05, 4.69) is 22.5 Å². The number of nitrogens with zero attached hydrogens (tertiary/aromatic N) is 1. The second-order valence-electron chi connectivity index (χ2n) is 1.64. The average Bonchev–Trinajstić information content (AvgIpc) is 1.99. The van der Waals surface area contributed by atoms with Crippen LogP contribution < -0.4 is 0 Å². The van der Waals surface area contributed by atoms with Gasteiger partial charge < -0.3 is 0 Å². The highest BCUT2D eigenvalue weighted by Gasteiger charge is 1.82. The highest BCUT2D eigenvalue weighted by Crippen LogP contribution is 2.06. The average molecular weight is 198 g/mol. The Hall–Kier alpha value is -0.810. The van der Waals surface area contributed by atoms with E-state index in [4.69, 9.17) is 5.26 Å². The van der Waals surface area contributed by atoms with Crippen molar-refractivity contribution in [3.8, 4) is 6.07 Å². The van der Waals surface area contributed by atoms with Gasteiger partial charge in [-0.1, -0.05) is 28.6 Å². The van der Waals surface area contributed by atoms with E-state index in [0.29, 0.717) is 5.57 Å². The molecule has 0 aliphatic rings. The molecule has 0 N–H and O–H groups in total. The highest BCUT2D eigenvalue weighted by molar-refractivity contribution is 9.11. The van der Waals surface area contributed by atoms with Crippen LogP contribution in [-0.4, -0.2) is 0 Å². The largest absolute Gasteiger partial charge is 0.192 e. The maximum absolute atomic E-state index is 8.28. The standard InChI is InChI=1S/C8H8BrN/c1-3-8(9)5-4-7(2)6-10/h3-5H,2H2,1H3/b5-4-,8-3+. The van der Waals surface area contributed by atoms with Gasteiger partial charge in [-0.3, -0.25) is 0 Å². The first kappa shape index (κ1) is 9.19. The second-order valence-corrected chi connectivity index (χ2v) is 2.56. The molecule has 0 saturated heterocycles. The third-order valence-electron chi connectivity index (χ3n) is 0.863. The van der Waals surface area contributed by atoms with E-state index in [9.17, 15) is 0 Å². The van der Waals surface area contributed by atoms with Gasteiger partial charge in [-0.15, -0.1) is 0 Å². The number of rotatable bonds is 2. The van der Waals surface area contributed by atoms with Crippen LogP contribution in [0.2, 0.25) is 0 Å². The lowest BCUT2D eigenvalue weighted by Crippen LogP contribution is -1.65. The van der Waals surface area contributed by atoms with Crippen LogP contribution in [0.15, 0.2) is 34.9 Å². The van der Waals surface area contributed by atoms with Crippen LogP contribution in [0, 0.1) is 11.3 Å². The Labute approximate surface area is 69.5 Å². The maximum atomic E-state index is 8.28. The van der Waals surface area contributed by atoms with Gasteiger partial charge in [0.1, 0.15) is 0 Å². The topological polar surface area (TPSA) is 23.8 Å². The zero-order chi connectivity index (χ0) is 7.98. The van der Waals surface area contributed by atoms with Gasteiger partial charge in [0.2, 0.25) is 0 Å². The van der Waals surface area contributed by atoms with E-state index in [1.54, 1.807) is 12.2 Å². The minimum absolute atomic E-state index is 0.457. The van der Waals surface area contributed by atoms with Crippen LogP contribution in [0.1, 0.15) is 6.92 Å². The summed E-state index contributed by atoms with van der Waals surface area (Å²) in [5.74, 6) is 0. The van der Waals surface area contributed by atoms with Crippen molar-refractivity contribution < 1.29 is 0 Å². The molecule has 0 aliphatic heterocycles. The first-order valence-corrected chi connectivity index (χ1v) is 3.59. The normalized spacial score (nSPS) is 11.5. The van der Waals surface area contributed by atoms with Gasteiger partial charge in [0.15, 0.2) is 0 Å². The monoisotopic (exact) mass is 197 g/mol. The number of halogens is 1. The van der Waals surface area contributed by atoms with Crippen LogP contribution in [0.4, 0.5) is 0 Å². The molecule has 0 atom stereocenters. The van der Waals surface area contributed by atoms with Gasteiger partial charge in [-0.25, -0.2) is 0 Å². The fourth-order valence-corrected chi connectivity index (χ4v) is 0.446. The van der Waals surface area contributed by atoms with Gasteiger partial charge in [0.05, 0.1) is 6.07 Å². The zero-order valence-corrected chi connectivity index (χ0v) is 7.35. The van der Waals surface area contributed by atoms with E-state index in [-0.39, 0.29) is 0 Å². The molecule has 52 valence electrons. The maximum Gasteiger partial charge on any atom is 0.0985 e. The van der Waals surface area contributed by atoms with Crippen LogP contribution in [0.25, 0.3) is 0 Å². The summed E-state index contributed by atoms with van der Waals surface area (Å²) in [5.41, 5.74) is 0.457. The summed E-state index contributed by atoms with van der Waals surface area (Å²) >= 11 is 3.26. The summed E-state index contributed by atoms with van der Waals surface area (Å²) in [6, 6.07) is 1.92. The van der Waals surface area contributed by atoms with E-state index in [1.807, 2.05) is 19.1 Å². The highest BCUT2D eigenvalue weighted by atomic mass is 79.9. The fourth-order valence-electron chi connectivity index (χ4n) is 0.314. The quantitative estimate of drug-likeness (QED) is 0.494. The van der Waals surface area contributed by atoms with Crippen molar-refractivity contribution in [1.82, 2.24) is 0 Å². The fraction of sp³-hybridized carbons (Fsp3) is 0.125. The van der Waals surface area contributed by atoms with Crippen LogP contribution >= 0.6 is 15.9 Å². The Morgan fingerprint density at radius 2 is 2.20 bits per heavy atom. The van der Waals surface area contributed by atoms with E-state index in [1.165, 1.54) is 0 Å². The van der Waals surface area contributed by atoms with Crippen LogP contribution in [0.3, 0.4) is 0 Å². The molecule has 0 spiro atoms. The molecule has 2 heteroatoms. The summed E-state index contributed by atoms with van der Waals surface area (Å²) in [7, 11) is 0. The first-order chi connectivity index (χ1) is 4.70. The Balaban J connectivity index is 4.04. The van der Waals surface area contributed by atoms with Crippen LogP contribution in [0.5, 0.6) is 0 Å². The van der Waals surface area contributed by atoms with Gasteiger partial charge >= 0.3 is 0 Å². The van der Waals surface area contributed by atoms with Crippen molar-refractivity contribution in [3.05, 3.63) is 34.9 Å². The molecule has 0 heterocycles. The minimum atomic E-state index is 0.457. The number of hydrogen-bond donors (Lipinski definition) is 0. The predicted octanol–water partition coefficient (Wildman–Crippen LogP) is 2.92. The predicted molar refractivity (Wildman–Crippen MR) is 46.6 cm³/mol. The molecule has 0 amide bonds. The van der Waals surface area contributed by atoms with Crippen molar-refractivity contribution in [2.24, 2.45) is 0 Å². The summed E-state index contributed by atoms with van der Waals surface area (Å²) in [6.07, 6.45) is 5.33. The van der Waals surface area contributed by atoms with Crippen molar-refractivity contribution in [1.29, 1.82) is 5.26 Å². The lowest BCUT2D eigenvalue weighted by Gasteiger charge is -1.83. The molecular weight excluding hydrogens is 190 g/mol.